The molecule has 6 heteroatoms. The zero-order chi connectivity index (χ0) is 17.3. The molecule has 0 saturated carbocycles. The molecule has 1 N–H and O–H groups in total. The first kappa shape index (κ1) is 16.3. The van der Waals surface area contributed by atoms with Crippen LogP contribution in [-0.2, 0) is 4.79 Å². The normalized spacial score (nSPS) is 10.8. The summed E-state index contributed by atoms with van der Waals surface area (Å²) in [5.74, 6) is -0.243. The van der Waals surface area contributed by atoms with Crippen molar-refractivity contribution >= 4 is 32.9 Å². The number of carboxylic acids is 1. The third-order valence-corrected chi connectivity index (χ3v) is 4.06. The van der Waals surface area contributed by atoms with Crippen LogP contribution in [-0.4, -0.2) is 17.7 Å². The smallest absolute Gasteiger partial charge is 0.341 e. The number of benzene rings is 2. The van der Waals surface area contributed by atoms with Gasteiger partial charge in [0.2, 0.25) is 5.43 Å². The van der Waals surface area contributed by atoms with E-state index in [0.29, 0.717) is 28.0 Å². The Balaban J connectivity index is 2.10. The van der Waals surface area contributed by atoms with Gasteiger partial charge in [-0.15, -0.1) is 0 Å². The van der Waals surface area contributed by atoms with Gasteiger partial charge in [-0.1, -0.05) is 28.1 Å². The number of hydrogen-bond acceptors (Lipinski definition) is 4. The highest BCUT2D eigenvalue weighted by molar-refractivity contribution is 9.10. The zero-order valence-corrected chi connectivity index (χ0v) is 14.3. The maximum Gasteiger partial charge on any atom is 0.341 e. The molecule has 0 radical (unpaired) electrons. The number of aliphatic carboxylic acids is 1. The molecule has 24 heavy (non-hydrogen) atoms. The molecular formula is C18H13BrO5. The van der Waals surface area contributed by atoms with E-state index in [1.54, 1.807) is 19.1 Å². The molecule has 122 valence electrons. The molecule has 0 unspecified atom stereocenters. The van der Waals surface area contributed by atoms with Crippen molar-refractivity contribution in [3.63, 3.8) is 0 Å². The lowest BCUT2D eigenvalue weighted by Crippen LogP contribution is -2.10. The Morgan fingerprint density at radius 3 is 2.58 bits per heavy atom. The van der Waals surface area contributed by atoms with E-state index >= 15 is 0 Å². The molecule has 0 aliphatic rings. The molecule has 0 aliphatic heterocycles. The maximum absolute atomic E-state index is 12.8. The minimum atomic E-state index is -1.07. The molecule has 0 amide bonds. The number of aryl methyl sites for hydroxylation is 1. The fourth-order valence-electron chi connectivity index (χ4n) is 2.47. The summed E-state index contributed by atoms with van der Waals surface area (Å²) in [7, 11) is 0. The number of carboxylic acid groups (broad SMARTS) is 1. The lowest BCUT2D eigenvalue weighted by atomic mass is 10.0. The van der Waals surface area contributed by atoms with Crippen LogP contribution in [0.1, 0.15) is 5.76 Å². The van der Waals surface area contributed by atoms with E-state index in [9.17, 15) is 9.59 Å². The van der Waals surface area contributed by atoms with Crippen molar-refractivity contribution in [2.24, 2.45) is 0 Å². The second kappa shape index (κ2) is 6.49. The summed E-state index contributed by atoms with van der Waals surface area (Å²) in [5, 5.41) is 9.07. The van der Waals surface area contributed by atoms with Crippen LogP contribution in [0.5, 0.6) is 5.75 Å². The van der Waals surface area contributed by atoms with Crippen molar-refractivity contribution in [3.05, 3.63) is 62.9 Å². The fraction of sp³-hybridized carbons (Fsp3) is 0.111. The van der Waals surface area contributed by atoms with Crippen LogP contribution < -0.4 is 10.2 Å². The van der Waals surface area contributed by atoms with Crippen molar-refractivity contribution in [3.8, 4) is 16.9 Å². The van der Waals surface area contributed by atoms with E-state index < -0.39 is 12.6 Å². The van der Waals surface area contributed by atoms with Crippen molar-refractivity contribution in [2.45, 2.75) is 6.92 Å². The number of fused-ring (bicyclic) bond motifs is 1. The van der Waals surface area contributed by atoms with Gasteiger partial charge < -0.3 is 14.3 Å². The molecule has 2 aromatic carbocycles. The third-order valence-electron chi connectivity index (χ3n) is 3.54. The molecule has 0 bridgehead atoms. The lowest BCUT2D eigenvalue weighted by molar-refractivity contribution is -0.139. The Morgan fingerprint density at radius 1 is 1.21 bits per heavy atom. The molecule has 3 aromatic rings. The molecule has 0 saturated heterocycles. The van der Waals surface area contributed by atoms with E-state index in [1.165, 1.54) is 6.07 Å². The predicted molar refractivity (Wildman–Crippen MR) is 93.5 cm³/mol. The minimum Gasteiger partial charge on any atom is -0.482 e. The molecule has 3 rings (SSSR count). The van der Waals surface area contributed by atoms with E-state index in [4.69, 9.17) is 14.3 Å². The van der Waals surface area contributed by atoms with Gasteiger partial charge in [-0.3, -0.25) is 4.79 Å². The van der Waals surface area contributed by atoms with Gasteiger partial charge in [0.25, 0.3) is 0 Å². The lowest BCUT2D eigenvalue weighted by Gasteiger charge is -2.09. The quantitative estimate of drug-likeness (QED) is 0.730. The van der Waals surface area contributed by atoms with Gasteiger partial charge in [-0.05, 0) is 36.8 Å². The van der Waals surface area contributed by atoms with E-state index in [0.717, 1.165) is 10.0 Å². The minimum absolute atomic E-state index is 0.138. The van der Waals surface area contributed by atoms with Crippen LogP contribution in [0.2, 0.25) is 0 Å². The van der Waals surface area contributed by atoms with Crippen molar-refractivity contribution in [2.75, 3.05) is 6.61 Å². The van der Waals surface area contributed by atoms with Crippen LogP contribution in [0.3, 0.4) is 0 Å². The van der Waals surface area contributed by atoms with Gasteiger partial charge in [0, 0.05) is 10.5 Å². The van der Waals surface area contributed by atoms with Gasteiger partial charge in [-0.2, -0.15) is 0 Å². The summed E-state index contributed by atoms with van der Waals surface area (Å²) in [6, 6.07) is 12.1. The highest BCUT2D eigenvalue weighted by Crippen LogP contribution is 2.27. The summed E-state index contributed by atoms with van der Waals surface area (Å²) in [4.78, 5) is 23.4. The highest BCUT2D eigenvalue weighted by Gasteiger charge is 2.14. The standard InChI is InChI=1S/C18H13BrO5/c1-10-17(11-2-4-12(19)5-3-11)18(22)14-7-6-13(8-15(14)24-10)23-9-16(20)21/h2-8H,9H2,1H3,(H,20,21). The first-order valence-electron chi connectivity index (χ1n) is 7.13. The number of ether oxygens (including phenoxy) is 1. The molecule has 0 spiro atoms. The largest absolute Gasteiger partial charge is 0.482 e. The van der Waals surface area contributed by atoms with E-state index in [1.807, 2.05) is 24.3 Å². The van der Waals surface area contributed by atoms with Gasteiger partial charge in [-0.25, -0.2) is 4.79 Å². The summed E-state index contributed by atoms with van der Waals surface area (Å²) < 4.78 is 11.8. The Hall–Kier alpha value is -2.60. The summed E-state index contributed by atoms with van der Waals surface area (Å²) >= 11 is 3.37. The Labute approximate surface area is 145 Å². The monoisotopic (exact) mass is 388 g/mol. The maximum atomic E-state index is 12.8. The first-order valence-corrected chi connectivity index (χ1v) is 7.93. The highest BCUT2D eigenvalue weighted by atomic mass is 79.9. The predicted octanol–water partition coefficient (Wildman–Crippen LogP) is 3.99. The van der Waals surface area contributed by atoms with Gasteiger partial charge in [0.15, 0.2) is 6.61 Å². The molecular weight excluding hydrogens is 376 g/mol. The molecule has 0 atom stereocenters. The van der Waals surface area contributed by atoms with Crippen molar-refractivity contribution < 1.29 is 19.1 Å². The molecule has 1 heterocycles. The summed E-state index contributed by atoms with van der Waals surface area (Å²) in [5.41, 5.74) is 1.51. The average molecular weight is 389 g/mol. The Kier molecular flexibility index (Phi) is 4.40. The zero-order valence-electron chi connectivity index (χ0n) is 12.7. The summed E-state index contributed by atoms with van der Waals surface area (Å²) in [6.45, 7) is 1.27. The summed E-state index contributed by atoms with van der Waals surface area (Å²) in [6.07, 6.45) is 0. The van der Waals surface area contributed by atoms with Crippen LogP contribution in [0, 0.1) is 6.92 Å². The number of rotatable bonds is 4. The molecule has 1 aromatic heterocycles. The van der Waals surface area contributed by atoms with E-state index in [-0.39, 0.29) is 5.43 Å². The van der Waals surface area contributed by atoms with Crippen LogP contribution >= 0.6 is 15.9 Å². The number of carbonyl (C=O) groups is 1. The molecule has 0 aliphatic carbocycles. The fourth-order valence-corrected chi connectivity index (χ4v) is 2.74. The van der Waals surface area contributed by atoms with Crippen molar-refractivity contribution in [1.29, 1.82) is 0 Å². The SMILES string of the molecule is Cc1oc2cc(OCC(=O)O)ccc2c(=O)c1-c1ccc(Br)cc1. The Morgan fingerprint density at radius 2 is 1.92 bits per heavy atom. The van der Waals surface area contributed by atoms with Crippen LogP contribution in [0.25, 0.3) is 22.1 Å². The molecule has 5 nitrogen and oxygen atoms in total. The third kappa shape index (κ3) is 3.19. The average Bonchev–Trinajstić information content (AvgIpc) is 2.54. The second-order valence-corrected chi connectivity index (χ2v) is 6.13. The molecule has 0 fully saturated rings. The van der Waals surface area contributed by atoms with Gasteiger partial charge in [0.05, 0.1) is 10.9 Å². The Bertz CT molecular complexity index is 973. The van der Waals surface area contributed by atoms with Gasteiger partial charge in [0.1, 0.15) is 17.1 Å². The number of hydrogen-bond donors (Lipinski definition) is 1. The van der Waals surface area contributed by atoms with Crippen molar-refractivity contribution in [1.82, 2.24) is 0 Å². The van der Waals surface area contributed by atoms with E-state index in [2.05, 4.69) is 15.9 Å². The number of halogens is 1. The van der Waals surface area contributed by atoms with Crippen LogP contribution in [0.4, 0.5) is 0 Å². The van der Waals surface area contributed by atoms with Crippen LogP contribution in [0.15, 0.2) is 56.1 Å². The topological polar surface area (TPSA) is 76.7 Å². The first-order chi connectivity index (χ1) is 11.5. The second-order valence-electron chi connectivity index (χ2n) is 5.21. The van der Waals surface area contributed by atoms with Gasteiger partial charge >= 0.3 is 5.97 Å².